The highest BCUT2D eigenvalue weighted by Gasteiger charge is 2.13. The molecule has 0 aliphatic rings. The van der Waals surface area contributed by atoms with E-state index in [1.165, 1.54) is 0 Å². The Balaban J connectivity index is 0. The first-order valence-electron chi connectivity index (χ1n) is 6.36. The van der Waals surface area contributed by atoms with Crippen LogP contribution in [0.5, 0.6) is 0 Å². The molecule has 1 unspecified atom stereocenters. The summed E-state index contributed by atoms with van der Waals surface area (Å²) >= 11 is 0. The van der Waals surface area contributed by atoms with Crippen molar-refractivity contribution in [1.82, 2.24) is 10.6 Å². The molecule has 0 bridgehead atoms. The number of halogens is 1. The lowest BCUT2D eigenvalue weighted by Gasteiger charge is -2.20. The van der Waals surface area contributed by atoms with Crippen molar-refractivity contribution in [3.8, 4) is 0 Å². The van der Waals surface area contributed by atoms with E-state index in [1.54, 1.807) is 0 Å². The van der Waals surface area contributed by atoms with E-state index in [4.69, 9.17) is 10.5 Å². The van der Waals surface area contributed by atoms with Gasteiger partial charge >= 0.3 is 0 Å². The number of hydrogen-bond donors (Lipinski definition) is 3. The molecule has 2 amide bonds. The molecule has 19 heavy (non-hydrogen) atoms. The van der Waals surface area contributed by atoms with Gasteiger partial charge in [-0.1, -0.05) is 13.8 Å². The van der Waals surface area contributed by atoms with Crippen LogP contribution in [0.25, 0.3) is 0 Å². The summed E-state index contributed by atoms with van der Waals surface area (Å²) in [4.78, 5) is 22.2. The normalized spacial score (nSPS) is 11.6. The average molecular weight is 296 g/mol. The second-order valence-corrected chi connectivity index (χ2v) is 4.36. The lowest BCUT2D eigenvalue weighted by atomic mass is 10.0. The van der Waals surface area contributed by atoms with Crippen molar-refractivity contribution in [3.63, 3.8) is 0 Å². The van der Waals surface area contributed by atoms with Gasteiger partial charge in [-0.2, -0.15) is 0 Å². The first kappa shape index (κ1) is 20.5. The summed E-state index contributed by atoms with van der Waals surface area (Å²) in [6.45, 7) is 7.21. The zero-order valence-corrected chi connectivity index (χ0v) is 12.7. The minimum atomic E-state index is -0.334. The number of nitrogens with one attached hydrogen (secondary N) is 2. The summed E-state index contributed by atoms with van der Waals surface area (Å²) in [6, 6.07) is 0. The molecular weight excluding hydrogens is 270 g/mol. The van der Waals surface area contributed by atoms with Gasteiger partial charge < -0.3 is 21.1 Å². The molecule has 7 heteroatoms. The van der Waals surface area contributed by atoms with Gasteiger partial charge in [0.15, 0.2) is 0 Å². The summed E-state index contributed by atoms with van der Waals surface area (Å²) in [6.07, 6.45) is 0.913. The van der Waals surface area contributed by atoms with E-state index < -0.39 is 0 Å². The number of amides is 2. The van der Waals surface area contributed by atoms with Gasteiger partial charge in [0.2, 0.25) is 11.8 Å². The third-order valence-corrected chi connectivity index (χ3v) is 2.51. The molecule has 0 aliphatic heterocycles. The summed E-state index contributed by atoms with van der Waals surface area (Å²) in [7, 11) is 0. The van der Waals surface area contributed by atoms with E-state index in [0.29, 0.717) is 19.1 Å². The zero-order valence-electron chi connectivity index (χ0n) is 11.9. The minimum Gasteiger partial charge on any atom is -0.378 e. The molecule has 0 rings (SSSR count). The predicted molar refractivity (Wildman–Crippen MR) is 77.2 cm³/mol. The van der Waals surface area contributed by atoms with Crippen molar-refractivity contribution >= 4 is 24.2 Å². The number of ether oxygens (including phenoxy) is 1. The van der Waals surface area contributed by atoms with Gasteiger partial charge in [0.1, 0.15) is 0 Å². The Morgan fingerprint density at radius 2 is 1.84 bits per heavy atom. The van der Waals surface area contributed by atoms with Crippen LogP contribution >= 0.6 is 12.4 Å². The van der Waals surface area contributed by atoms with Gasteiger partial charge in [-0.3, -0.25) is 9.59 Å². The SMILES string of the molecule is CCOC(CCNC(=O)CNC(=O)CN)C(C)C.Cl. The van der Waals surface area contributed by atoms with Gasteiger partial charge in [0.25, 0.3) is 0 Å². The summed E-state index contributed by atoms with van der Waals surface area (Å²) in [5.74, 6) is -0.130. The molecule has 4 N–H and O–H groups in total. The molecule has 0 radical (unpaired) electrons. The smallest absolute Gasteiger partial charge is 0.239 e. The largest absolute Gasteiger partial charge is 0.378 e. The molecule has 0 fully saturated rings. The predicted octanol–water partition coefficient (Wildman–Crippen LogP) is 0.0505. The molecule has 0 aromatic rings. The van der Waals surface area contributed by atoms with E-state index in [-0.39, 0.29) is 43.4 Å². The van der Waals surface area contributed by atoms with Gasteiger partial charge in [-0.05, 0) is 19.3 Å². The van der Waals surface area contributed by atoms with Crippen molar-refractivity contribution in [1.29, 1.82) is 0 Å². The van der Waals surface area contributed by atoms with Crippen LogP contribution in [-0.4, -0.2) is 44.2 Å². The van der Waals surface area contributed by atoms with Gasteiger partial charge in [0.05, 0.1) is 19.2 Å². The lowest BCUT2D eigenvalue weighted by Crippen LogP contribution is -2.40. The first-order valence-corrected chi connectivity index (χ1v) is 6.36. The van der Waals surface area contributed by atoms with Crippen LogP contribution in [0, 0.1) is 5.92 Å². The third-order valence-electron chi connectivity index (χ3n) is 2.51. The maximum atomic E-state index is 11.4. The number of carbonyl (C=O) groups excluding carboxylic acids is 2. The zero-order chi connectivity index (χ0) is 14.0. The van der Waals surface area contributed by atoms with Crippen molar-refractivity contribution in [3.05, 3.63) is 0 Å². The van der Waals surface area contributed by atoms with E-state index in [1.807, 2.05) is 6.92 Å². The van der Waals surface area contributed by atoms with Gasteiger partial charge in [-0.25, -0.2) is 0 Å². The highest BCUT2D eigenvalue weighted by Crippen LogP contribution is 2.09. The molecule has 0 heterocycles. The van der Waals surface area contributed by atoms with Crippen LogP contribution in [0.15, 0.2) is 0 Å². The second kappa shape index (κ2) is 12.2. The number of hydrogen-bond acceptors (Lipinski definition) is 4. The molecule has 0 aromatic heterocycles. The topological polar surface area (TPSA) is 93.5 Å². The summed E-state index contributed by atoms with van der Waals surface area (Å²) in [5.41, 5.74) is 5.10. The van der Waals surface area contributed by atoms with Gasteiger partial charge in [0, 0.05) is 13.2 Å². The van der Waals surface area contributed by atoms with E-state index in [0.717, 1.165) is 6.42 Å². The first-order chi connectivity index (χ1) is 8.51. The number of rotatable bonds is 9. The average Bonchev–Trinajstić information content (AvgIpc) is 2.34. The fourth-order valence-electron chi connectivity index (χ4n) is 1.49. The Bertz CT molecular complexity index is 263. The summed E-state index contributed by atoms with van der Waals surface area (Å²) in [5, 5.41) is 5.14. The van der Waals surface area contributed by atoms with Crippen LogP contribution in [0.4, 0.5) is 0 Å². The maximum absolute atomic E-state index is 11.4. The molecule has 114 valence electrons. The van der Waals surface area contributed by atoms with Crippen LogP contribution < -0.4 is 16.4 Å². The molecule has 1 atom stereocenters. The quantitative estimate of drug-likeness (QED) is 0.560. The van der Waals surface area contributed by atoms with Crippen molar-refractivity contribution in [2.45, 2.75) is 33.3 Å². The molecule has 0 saturated heterocycles. The van der Waals surface area contributed by atoms with Crippen LogP contribution in [0.2, 0.25) is 0 Å². The van der Waals surface area contributed by atoms with Crippen molar-refractivity contribution in [2.24, 2.45) is 11.7 Å². The van der Waals surface area contributed by atoms with Crippen molar-refractivity contribution < 1.29 is 14.3 Å². The Hall–Kier alpha value is -0.850. The van der Waals surface area contributed by atoms with Crippen LogP contribution in [-0.2, 0) is 14.3 Å². The lowest BCUT2D eigenvalue weighted by molar-refractivity contribution is -0.125. The number of carbonyl (C=O) groups is 2. The second-order valence-electron chi connectivity index (χ2n) is 4.36. The van der Waals surface area contributed by atoms with E-state index >= 15 is 0 Å². The van der Waals surface area contributed by atoms with Crippen LogP contribution in [0.1, 0.15) is 27.2 Å². The Labute approximate surface area is 121 Å². The molecule has 0 spiro atoms. The highest BCUT2D eigenvalue weighted by molar-refractivity contribution is 5.85. The minimum absolute atomic E-state index is 0. The van der Waals surface area contributed by atoms with E-state index in [2.05, 4.69) is 24.5 Å². The standard InChI is InChI=1S/C12H25N3O3.ClH/c1-4-18-10(9(2)3)5-6-14-12(17)8-15-11(16)7-13;/h9-10H,4-8,13H2,1-3H3,(H,14,17)(H,15,16);1H. The monoisotopic (exact) mass is 295 g/mol. The maximum Gasteiger partial charge on any atom is 0.239 e. The van der Waals surface area contributed by atoms with Crippen LogP contribution in [0.3, 0.4) is 0 Å². The third kappa shape index (κ3) is 10.7. The molecule has 0 aliphatic carbocycles. The van der Waals surface area contributed by atoms with E-state index in [9.17, 15) is 9.59 Å². The Morgan fingerprint density at radius 3 is 2.32 bits per heavy atom. The number of nitrogens with two attached hydrogens (primary N) is 1. The highest BCUT2D eigenvalue weighted by atomic mass is 35.5. The fourth-order valence-corrected chi connectivity index (χ4v) is 1.49. The Kier molecular flexibility index (Phi) is 13.1. The molecule has 6 nitrogen and oxygen atoms in total. The Morgan fingerprint density at radius 1 is 1.21 bits per heavy atom. The van der Waals surface area contributed by atoms with Crippen molar-refractivity contribution in [2.75, 3.05) is 26.2 Å². The molecule has 0 saturated carbocycles. The molecule has 0 aromatic carbocycles. The fraction of sp³-hybridized carbons (Fsp3) is 0.833. The summed E-state index contributed by atoms with van der Waals surface area (Å²) < 4.78 is 5.56. The molecular formula is C12H26ClN3O3. The van der Waals surface area contributed by atoms with Gasteiger partial charge in [-0.15, -0.1) is 12.4 Å².